The predicted molar refractivity (Wildman–Crippen MR) is 122 cm³/mol. The molecular formula is C22H16N6O3S. The molecule has 0 unspecified atom stereocenters. The minimum Gasteiger partial charge on any atom is -0.364 e. The van der Waals surface area contributed by atoms with E-state index in [1.807, 2.05) is 34.3 Å². The minimum atomic E-state index is -0.773. The van der Waals surface area contributed by atoms with Crippen LogP contribution in [0.3, 0.4) is 0 Å². The highest BCUT2D eigenvalue weighted by molar-refractivity contribution is 7.15. The molecule has 0 saturated heterocycles. The van der Waals surface area contributed by atoms with E-state index in [2.05, 4.69) is 15.4 Å². The van der Waals surface area contributed by atoms with E-state index < -0.39 is 17.4 Å². The number of nitrogens with one attached hydrogen (secondary N) is 1. The average Bonchev–Trinajstić information content (AvgIpc) is 3.38. The smallest absolute Gasteiger partial charge is 0.275 e. The van der Waals surface area contributed by atoms with Crippen LogP contribution in [0.1, 0.15) is 10.5 Å². The number of imidazole rings is 1. The van der Waals surface area contributed by atoms with Crippen LogP contribution >= 0.6 is 11.3 Å². The third kappa shape index (κ3) is 3.52. The van der Waals surface area contributed by atoms with Gasteiger partial charge in [-0.15, -0.1) is 11.3 Å². The molecule has 32 heavy (non-hydrogen) atoms. The Kier molecular flexibility index (Phi) is 4.75. The van der Waals surface area contributed by atoms with Crippen molar-refractivity contribution < 1.29 is 9.59 Å². The zero-order chi connectivity index (χ0) is 22.2. The van der Waals surface area contributed by atoms with E-state index in [0.29, 0.717) is 11.1 Å². The fourth-order valence-electron chi connectivity index (χ4n) is 3.45. The van der Waals surface area contributed by atoms with Gasteiger partial charge in [-0.2, -0.15) is 5.10 Å². The maximum Gasteiger partial charge on any atom is 0.275 e. The van der Waals surface area contributed by atoms with Gasteiger partial charge in [0.15, 0.2) is 10.7 Å². The van der Waals surface area contributed by atoms with Gasteiger partial charge in [0.2, 0.25) is 5.91 Å². The molecule has 0 aliphatic rings. The Hall–Kier alpha value is -4.31. The number of hydrogen-bond donors (Lipinski definition) is 2. The van der Waals surface area contributed by atoms with Gasteiger partial charge < -0.3 is 11.1 Å². The number of amides is 2. The van der Waals surface area contributed by atoms with Crippen LogP contribution in [0.2, 0.25) is 0 Å². The van der Waals surface area contributed by atoms with Gasteiger partial charge >= 0.3 is 0 Å². The van der Waals surface area contributed by atoms with Crippen LogP contribution in [0.25, 0.3) is 27.0 Å². The van der Waals surface area contributed by atoms with E-state index in [9.17, 15) is 14.4 Å². The summed E-state index contributed by atoms with van der Waals surface area (Å²) in [7, 11) is 0. The van der Waals surface area contributed by atoms with Crippen LogP contribution in [0.5, 0.6) is 0 Å². The summed E-state index contributed by atoms with van der Waals surface area (Å²) in [5.41, 5.74) is 7.18. The Morgan fingerprint density at radius 3 is 2.53 bits per heavy atom. The number of nitrogens with two attached hydrogens (primary N) is 1. The Morgan fingerprint density at radius 2 is 1.81 bits per heavy atom. The molecule has 2 aromatic carbocycles. The number of benzene rings is 2. The summed E-state index contributed by atoms with van der Waals surface area (Å²) in [4.78, 5) is 42.5. The molecule has 0 spiro atoms. The predicted octanol–water partition coefficient (Wildman–Crippen LogP) is 2.51. The zero-order valence-electron chi connectivity index (χ0n) is 16.6. The van der Waals surface area contributed by atoms with E-state index in [-0.39, 0.29) is 17.6 Å². The summed E-state index contributed by atoms with van der Waals surface area (Å²) in [5.74, 6) is -1.23. The molecule has 0 fully saturated rings. The van der Waals surface area contributed by atoms with Gasteiger partial charge in [-0.25, -0.2) is 9.67 Å². The van der Waals surface area contributed by atoms with Crippen LogP contribution in [0.15, 0.2) is 71.1 Å². The van der Waals surface area contributed by atoms with Crippen LogP contribution in [-0.4, -0.2) is 31.0 Å². The van der Waals surface area contributed by atoms with Crippen LogP contribution in [-0.2, 0) is 11.3 Å². The molecule has 3 aromatic heterocycles. The molecule has 3 N–H and O–H groups in total. The number of hydrogen-bond acceptors (Lipinski definition) is 6. The van der Waals surface area contributed by atoms with Crippen LogP contribution in [0, 0.1) is 0 Å². The van der Waals surface area contributed by atoms with E-state index in [0.717, 1.165) is 20.9 Å². The number of anilines is 1. The maximum atomic E-state index is 12.7. The molecule has 10 heteroatoms. The van der Waals surface area contributed by atoms with Crippen molar-refractivity contribution in [3.63, 3.8) is 0 Å². The topological polar surface area (TPSA) is 124 Å². The number of carbonyl (C=O) groups is 2. The summed E-state index contributed by atoms with van der Waals surface area (Å²) < 4.78 is 2.90. The third-order valence-electron chi connectivity index (χ3n) is 4.95. The van der Waals surface area contributed by atoms with Gasteiger partial charge in [0, 0.05) is 34.4 Å². The number of rotatable bonds is 5. The molecule has 0 atom stereocenters. The monoisotopic (exact) mass is 444 g/mol. The van der Waals surface area contributed by atoms with Gasteiger partial charge in [0.05, 0.1) is 11.1 Å². The highest BCUT2D eigenvalue weighted by atomic mass is 32.1. The van der Waals surface area contributed by atoms with Crippen molar-refractivity contribution in [1.29, 1.82) is 0 Å². The number of aromatic nitrogens is 4. The summed E-state index contributed by atoms with van der Waals surface area (Å²) in [5, 5.41) is 9.34. The number of fused-ring (bicyclic) bond motifs is 2. The van der Waals surface area contributed by atoms with Crippen molar-refractivity contribution >= 4 is 44.6 Å². The maximum absolute atomic E-state index is 12.7. The highest BCUT2D eigenvalue weighted by Gasteiger charge is 2.16. The Balaban J connectivity index is 1.36. The van der Waals surface area contributed by atoms with E-state index in [4.69, 9.17) is 5.73 Å². The molecule has 0 bridgehead atoms. The van der Waals surface area contributed by atoms with Gasteiger partial charge in [0.1, 0.15) is 6.54 Å². The fraction of sp³-hybridized carbons (Fsp3) is 0.0455. The van der Waals surface area contributed by atoms with Crippen molar-refractivity contribution in [2.75, 3.05) is 5.32 Å². The van der Waals surface area contributed by atoms with Crippen molar-refractivity contribution in [2.24, 2.45) is 5.73 Å². The first-order valence-electron chi connectivity index (χ1n) is 9.62. The molecule has 2 amide bonds. The SMILES string of the molecule is NC(=O)c1nn(CC(=O)Nc2ccc(-c3cn4ccsc4n3)cc2)c(=O)c2ccccc12. The lowest BCUT2D eigenvalue weighted by Crippen LogP contribution is -2.32. The van der Waals surface area contributed by atoms with Crippen molar-refractivity contribution in [3.8, 4) is 11.3 Å². The summed E-state index contributed by atoms with van der Waals surface area (Å²) in [6.07, 6.45) is 3.88. The van der Waals surface area contributed by atoms with Gasteiger partial charge in [-0.1, -0.05) is 30.3 Å². The van der Waals surface area contributed by atoms with Crippen LogP contribution < -0.4 is 16.6 Å². The molecule has 9 nitrogen and oxygen atoms in total. The average molecular weight is 444 g/mol. The lowest BCUT2D eigenvalue weighted by atomic mass is 10.1. The normalized spacial score (nSPS) is 11.1. The third-order valence-corrected chi connectivity index (χ3v) is 5.72. The summed E-state index contributed by atoms with van der Waals surface area (Å²) in [6.45, 7) is -0.358. The second-order valence-corrected chi connectivity index (χ2v) is 7.94. The number of carbonyl (C=O) groups excluding carboxylic acids is 2. The fourth-order valence-corrected chi connectivity index (χ4v) is 4.15. The lowest BCUT2D eigenvalue weighted by Gasteiger charge is -2.10. The summed E-state index contributed by atoms with van der Waals surface area (Å²) in [6, 6.07) is 13.7. The molecule has 5 rings (SSSR count). The Bertz CT molecular complexity index is 1520. The standard InChI is InChI=1S/C22H16N6O3S/c23-20(30)19-15-3-1-2-4-16(15)21(31)28(26-19)12-18(29)24-14-7-5-13(6-8-14)17-11-27-9-10-32-22(27)25-17/h1-11H,12H2,(H2,23,30)(H,24,29). The minimum absolute atomic E-state index is 0.0580. The number of thiazole rings is 1. The molecule has 0 radical (unpaired) electrons. The van der Waals surface area contributed by atoms with Crippen molar-refractivity contribution in [2.45, 2.75) is 6.54 Å². The Morgan fingerprint density at radius 1 is 1.06 bits per heavy atom. The first-order chi connectivity index (χ1) is 15.5. The van der Waals surface area contributed by atoms with E-state index in [1.165, 1.54) is 0 Å². The highest BCUT2D eigenvalue weighted by Crippen LogP contribution is 2.23. The number of nitrogens with zero attached hydrogens (tertiary/aromatic N) is 4. The quantitative estimate of drug-likeness (QED) is 0.431. The molecule has 158 valence electrons. The molecule has 5 aromatic rings. The van der Waals surface area contributed by atoms with E-state index >= 15 is 0 Å². The first-order valence-corrected chi connectivity index (χ1v) is 10.5. The van der Waals surface area contributed by atoms with Crippen LogP contribution in [0.4, 0.5) is 5.69 Å². The largest absolute Gasteiger partial charge is 0.364 e. The number of primary amides is 1. The zero-order valence-corrected chi connectivity index (χ0v) is 17.4. The molecule has 3 heterocycles. The summed E-state index contributed by atoms with van der Waals surface area (Å²) >= 11 is 1.55. The second-order valence-electron chi connectivity index (χ2n) is 7.07. The first kappa shape index (κ1) is 19.6. The van der Waals surface area contributed by atoms with Gasteiger partial charge in [-0.05, 0) is 18.2 Å². The second kappa shape index (κ2) is 7.75. The van der Waals surface area contributed by atoms with E-state index in [1.54, 1.807) is 47.7 Å². The molecule has 0 saturated carbocycles. The van der Waals surface area contributed by atoms with Crippen molar-refractivity contribution in [1.82, 2.24) is 19.2 Å². The molecule has 0 aliphatic heterocycles. The molecular weight excluding hydrogens is 428 g/mol. The van der Waals surface area contributed by atoms with Gasteiger partial charge in [0.25, 0.3) is 11.5 Å². The van der Waals surface area contributed by atoms with Gasteiger partial charge in [-0.3, -0.25) is 18.8 Å². The van der Waals surface area contributed by atoms with Crippen molar-refractivity contribution in [3.05, 3.63) is 82.4 Å². The lowest BCUT2D eigenvalue weighted by molar-refractivity contribution is -0.117. The Labute approximate surface area is 184 Å². The molecule has 0 aliphatic carbocycles.